The van der Waals surface area contributed by atoms with Crippen LogP contribution in [0.4, 0.5) is 0 Å². The van der Waals surface area contributed by atoms with Crippen LogP contribution in [0.2, 0.25) is 0 Å². The Labute approximate surface area is 149 Å². The number of carboxylic acids is 1. The first-order valence-corrected chi connectivity index (χ1v) is 8.90. The number of carboxylic acid groups (broad SMARTS) is 1. The third kappa shape index (κ3) is 7.42. The summed E-state index contributed by atoms with van der Waals surface area (Å²) in [6.07, 6.45) is 2.36. The van der Waals surface area contributed by atoms with Gasteiger partial charge in [-0.25, -0.2) is 0 Å². The highest BCUT2D eigenvalue weighted by Crippen LogP contribution is 2.35. The summed E-state index contributed by atoms with van der Waals surface area (Å²) in [5.74, 6) is -1.31. The van der Waals surface area contributed by atoms with Gasteiger partial charge in [0.05, 0.1) is 6.10 Å². The number of carbonyl (C=O) groups excluding carboxylic acids is 2. The van der Waals surface area contributed by atoms with Crippen molar-refractivity contribution in [2.24, 2.45) is 11.8 Å². The van der Waals surface area contributed by atoms with E-state index in [9.17, 15) is 14.4 Å². The summed E-state index contributed by atoms with van der Waals surface area (Å²) < 4.78 is 16.6. The van der Waals surface area contributed by atoms with Gasteiger partial charge in [0, 0.05) is 26.2 Å². The molecule has 0 saturated carbocycles. The number of hydrogen-bond acceptors (Lipinski definition) is 6. The maximum Gasteiger partial charge on any atom is 0.303 e. The van der Waals surface area contributed by atoms with Crippen LogP contribution in [-0.2, 0) is 28.6 Å². The lowest BCUT2D eigenvalue weighted by atomic mass is 9.79. The van der Waals surface area contributed by atoms with Crippen LogP contribution in [0.5, 0.6) is 0 Å². The fourth-order valence-electron chi connectivity index (χ4n) is 3.24. The van der Waals surface area contributed by atoms with E-state index in [-0.39, 0.29) is 36.9 Å². The van der Waals surface area contributed by atoms with Crippen LogP contribution in [0.1, 0.15) is 59.8 Å². The Morgan fingerprint density at radius 1 is 0.960 bits per heavy atom. The molecule has 1 aliphatic rings. The summed E-state index contributed by atoms with van der Waals surface area (Å²) in [5.41, 5.74) is 0. The standard InChI is InChI=1S/C18H30O7/c1-11-12(2)18(24-14(4)20)16(10-23-13(3)19)25-15(11)8-6-5-7-9-17(21)22/h11-12,15-16,18H,5-10H2,1-4H3,(H,21,22). The Hall–Kier alpha value is -1.63. The SMILES string of the molecule is CC(=O)OCC1OC(CCCCCC(=O)O)C(C)C(C)C1OC(C)=O. The first-order valence-electron chi connectivity index (χ1n) is 8.90. The maximum atomic E-state index is 11.4. The second-order valence-electron chi connectivity index (χ2n) is 6.80. The van der Waals surface area contributed by atoms with Crippen molar-refractivity contribution in [3.63, 3.8) is 0 Å². The Balaban J connectivity index is 2.63. The van der Waals surface area contributed by atoms with E-state index >= 15 is 0 Å². The van der Waals surface area contributed by atoms with Crippen LogP contribution in [-0.4, -0.2) is 47.9 Å². The smallest absolute Gasteiger partial charge is 0.303 e. The molecule has 0 aliphatic carbocycles. The van der Waals surface area contributed by atoms with Gasteiger partial charge in [0.1, 0.15) is 18.8 Å². The second kappa shape index (κ2) is 10.4. The summed E-state index contributed by atoms with van der Waals surface area (Å²) in [5, 5.41) is 8.67. The topological polar surface area (TPSA) is 99.1 Å². The average Bonchev–Trinajstić information content (AvgIpc) is 2.51. The highest BCUT2D eigenvalue weighted by atomic mass is 16.6. The van der Waals surface area contributed by atoms with Crippen LogP contribution < -0.4 is 0 Å². The minimum atomic E-state index is -0.776. The Kier molecular flexibility index (Phi) is 8.89. The minimum absolute atomic E-state index is 0.0350. The molecule has 0 radical (unpaired) electrons. The molecule has 1 aliphatic heterocycles. The van der Waals surface area contributed by atoms with Gasteiger partial charge in [-0.05, 0) is 18.8 Å². The van der Waals surface area contributed by atoms with E-state index in [0.717, 1.165) is 19.3 Å². The Bertz CT molecular complexity index is 462. The third-order valence-electron chi connectivity index (χ3n) is 4.78. The first kappa shape index (κ1) is 21.4. The third-order valence-corrected chi connectivity index (χ3v) is 4.78. The van der Waals surface area contributed by atoms with Gasteiger partial charge in [0.15, 0.2) is 0 Å². The first-order chi connectivity index (χ1) is 11.7. The quantitative estimate of drug-likeness (QED) is 0.499. The van der Waals surface area contributed by atoms with Gasteiger partial charge in [0.2, 0.25) is 0 Å². The highest BCUT2D eigenvalue weighted by molar-refractivity contribution is 5.67. The Morgan fingerprint density at radius 3 is 2.20 bits per heavy atom. The number of ether oxygens (including phenoxy) is 3. The molecule has 0 aromatic rings. The predicted molar refractivity (Wildman–Crippen MR) is 89.9 cm³/mol. The minimum Gasteiger partial charge on any atom is -0.481 e. The molecule has 25 heavy (non-hydrogen) atoms. The van der Waals surface area contributed by atoms with E-state index in [2.05, 4.69) is 6.92 Å². The van der Waals surface area contributed by atoms with E-state index in [1.165, 1.54) is 13.8 Å². The van der Waals surface area contributed by atoms with E-state index in [4.69, 9.17) is 19.3 Å². The number of hydrogen-bond donors (Lipinski definition) is 1. The highest BCUT2D eigenvalue weighted by Gasteiger charge is 2.43. The van der Waals surface area contributed by atoms with Crippen molar-refractivity contribution < 1.29 is 33.7 Å². The van der Waals surface area contributed by atoms with Gasteiger partial charge < -0.3 is 19.3 Å². The summed E-state index contributed by atoms with van der Waals surface area (Å²) in [4.78, 5) is 33.0. The lowest BCUT2D eigenvalue weighted by Gasteiger charge is -2.44. The van der Waals surface area contributed by atoms with Gasteiger partial charge in [-0.2, -0.15) is 0 Å². The molecule has 7 heteroatoms. The molecule has 0 aromatic heterocycles. The molecular weight excluding hydrogens is 328 g/mol. The van der Waals surface area contributed by atoms with Crippen LogP contribution in [0.3, 0.4) is 0 Å². The maximum absolute atomic E-state index is 11.4. The van der Waals surface area contributed by atoms with Gasteiger partial charge in [0.25, 0.3) is 0 Å². The lowest BCUT2D eigenvalue weighted by Crippen LogP contribution is -2.52. The molecule has 0 spiro atoms. The van der Waals surface area contributed by atoms with Crippen molar-refractivity contribution >= 4 is 17.9 Å². The fourth-order valence-corrected chi connectivity index (χ4v) is 3.24. The zero-order chi connectivity index (χ0) is 19.0. The Morgan fingerprint density at radius 2 is 1.64 bits per heavy atom. The van der Waals surface area contributed by atoms with E-state index < -0.39 is 24.1 Å². The van der Waals surface area contributed by atoms with Crippen molar-refractivity contribution in [1.82, 2.24) is 0 Å². The molecule has 1 saturated heterocycles. The summed E-state index contributed by atoms with van der Waals surface area (Å²) in [6.45, 7) is 6.81. The van der Waals surface area contributed by atoms with Crippen molar-refractivity contribution in [3.8, 4) is 0 Å². The van der Waals surface area contributed by atoms with Crippen molar-refractivity contribution in [2.45, 2.75) is 78.1 Å². The molecule has 1 fully saturated rings. The molecule has 5 atom stereocenters. The molecule has 1 rings (SSSR count). The van der Waals surface area contributed by atoms with Gasteiger partial charge in [-0.15, -0.1) is 0 Å². The predicted octanol–water partition coefficient (Wildman–Crippen LogP) is 2.56. The summed E-state index contributed by atoms with van der Waals surface area (Å²) in [6, 6.07) is 0. The lowest BCUT2D eigenvalue weighted by molar-refractivity contribution is -0.206. The molecule has 7 nitrogen and oxygen atoms in total. The molecule has 144 valence electrons. The molecule has 0 amide bonds. The normalized spacial score (nSPS) is 29.0. The largest absolute Gasteiger partial charge is 0.481 e. The molecule has 5 unspecified atom stereocenters. The molecule has 1 N–H and O–H groups in total. The molecule has 1 heterocycles. The number of aliphatic carboxylic acids is 1. The van der Waals surface area contributed by atoms with Gasteiger partial charge in [-0.3, -0.25) is 14.4 Å². The van der Waals surface area contributed by atoms with Crippen LogP contribution in [0, 0.1) is 11.8 Å². The number of rotatable bonds is 9. The average molecular weight is 358 g/mol. The molecule has 0 aromatic carbocycles. The monoisotopic (exact) mass is 358 g/mol. The van der Waals surface area contributed by atoms with Crippen LogP contribution >= 0.6 is 0 Å². The number of carbonyl (C=O) groups is 3. The van der Waals surface area contributed by atoms with Crippen LogP contribution in [0.15, 0.2) is 0 Å². The van der Waals surface area contributed by atoms with E-state index in [1.807, 2.05) is 6.92 Å². The fraction of sp³-hybridized carbons (Fsp3) is 0.833. The summed E-state index contributed by atoms with van der Waals surface area (Å²) >= 11 is 0. The second-order valence-corrected chi connectivity index (χ2v) is 6.80. The zero-order valence-electron chi connectivity index (χ0n) is 15.5. The van der Waals surface area contributed by atoms with Crippen molar-refractivity contribution in [1.29, 1.82) is 0 Å². The van der Waals surface area contributed by atoms with Gasteiger partial charge in [-0.1, -0.05) is 26.7 Å². The van der Waals surface area contributed by atoms with Crippen molar-refractivity contribution in [2.75, 3.05) is 6.61 Å². The molecule has 0 bridgehead atoms. The van der Waals surface area contributed by atoms with E-state index in [1.54, 1.807) is 0 Å². The van der Waals surface area contributed by atoms with Gasteiger partial charge >= 0.3 is 17.9 Å². The zero-order valence-corrected chi connectivity index (χ0v) is 15.5. The molecular formula is C18H30O7. The number of unbranched alkanes of at least 4 members (excludes halogenated alkanes) is 2. The summed E-state index contributed by atoms with van der Waals surface area (Å²) in [7, 11) is 0. The number of esters is 2. The van der Waals surface area contributed by atoms with E-state index in [0.29, 0.717) is 6.42 Å². The van der Waals surface area contributed by atoms with Crippen LogP contribution in [0.25, 0.3) is 0 Å². The van der Waals surface area contributed by atoms with Crippen molar-refractivity contribution in [3.05, 3.63) is 0 Å².